The van der Waals surface area contributed by atoms with Crippen molar-refractivity contribution in [1.29, 1.82) is 0 Å². The molecule has 80 valence electrons. The smallest absolute Gasteiger partial charge is 0.0817 e. The predicted octanol–water partition coefficient (Wildman–Crippen LogP) is 2.17. The van der Waals surface area contributed by atoms with Crippen LogP contribution < -0.4 is 0 Å². The van der Waals surface area contributed by atoms with Gasteiger partial charge < -0.3 is 5.11 Å². The largest absolute Gasteiger partial charge is 0.393 e. The van der Waals surface area contributed by atoms with Gasteiger partial charge in [-0.2, -0.15) is 5.10 Å². The number of aromatic nitrogens is 2. The minimum atomic E-state index is -0.217. The lowest BCUT2D eigenvalue weighted by Gasteiger charge is -2.09. The van der Waals surface area contributed by atoms with Crippen LogP contribution in [0.1, 0.15) is 31.9 Å². The third-order valence-electron chi connectivity index (χ3n) is 2.35. The summed E-state index contributed by atoms with van der Waals surface area (Å²) in [4.78, 5) is 0. The Bertz CT molecular complexity index is 266. The van der Waals surface area contributed by atoms with Gasteiger partial charge in [0.25, 0.3) is 0 Å². The van der Waals surface area contributed by atoms with Crippen molar-refractivity contribution in [3.05, 3.63) is 16.9 Å². The van der Waals surface area contributed by atoms with Gasteiger partial charge in [0.1, 0.15) is 0 Å². The van der Waals surface area contributed by atoms with Gasteiger partial charge in [-0.3, -0.25) is 4.68 Å². The first kappa shape index (κ1) is 11.5. The van der Waals surface area contributed by atoms with Gasteiger partial charge in [0.2, 0.25) is 0 Å². The van der Waals surface area contributed by atoms with Crippen LogP contribution in [0.4, 0.5) is 0 Å². The summed E-state index contributed by atoms with van der Waals surface area (Å²) in [5.74, 6) is 0. The molecule has 1 aromatic rings. The van der Waals surface area contributed by atoms with Crippen molar-refractivity contribution >= 4 is 11.6 Å². The number of halogens is 1. The van der Waals surface area contributed by atoms with Crippen LogP contribution >= 0.6 is 11.6 Å². The van der Waals surface area contributed by atoms with E-state index in [0.29, 0.717) is 5.02 Å². The molecule has 0 saturated carbocycles. The Labute approximate surface area is 89.7 Å². The molecule has 0 fully saturated rings. The normalized spacial score (nSPS) is 13.1. The quantitative estimate of drug-likeness (QED) is 0.819. The predicted molar refractivity (Wildman–Crippen MR) is 57.5 cm³/mol. The Hall–Kier alpha value is -0.540. The van der Waals surface area contributed by atoms with E-state index in [2.05, 4.69) is 12.0 Å². The molecule has 0 aliphatic heterocycles. The molecule has 3 nitrogen and oxygen atoms in total. The van der Waals surface area contributed by atoms with E-state index in [-0.39, 0.29) is 6.10 Å². The fraction of sp³-hybridized carbons (Fsp3) is 0.700. The van der Waals surface area contributed by atoms with Gasteiger partial charge in [0.05, 0.1) is 23.0 Å². The zero-order chi connectivity index (χ0) is 10.6. The lowest BCUT2D eigenvalue weighted by atomic mass is 10.1. The van der Waals surface area contributed by atoms with Crippen LogP contribution in [0.15, 0.2) is 6.20 Å². The van der Waals surface area contributed by atoms with Gasteiger partial charge in [-0.15, -0.1) is 0 Å². The van der Waals surface area contributed by atoms with E-state index in [9.17, 15) is 5.11 Å². The zero-order valence-electron chi connectivity index (χ0n) is 8.70. The van der Waals surface area contributed by atoms with Crippen LogP contribution in [0.25, 0.3) is 0 Å². The minimum Gasteiger partial charge on any atom is -0.393 e. The number of nitrogens with zero attached hydrogens (tertiary/aromatic N) is 2. The number of aliphatic hydroxyl groups is 1. The molecule has 0 spiro atoms. The molecule has 14 heavy (non-hydrogen) atoms. The Kier molecular flexibility index (Phi) is 4.42. The van der Waals surface area contributed by atoms with Gasteiger partial charge in [-0.05, 0) is 19.3 Å². The van der Waals surface area contributed by atoms with Crippen LogP contribution in [-0.4, -0.2) is 21.0 Å². The second-order valence-electron chi connectivity index (χ2n) is 3.54. The standard InChI is InChI=1S/C10H17ClN2O/c1-3-4-8(14)5-6-10-9(11)7-12-13(10)2/h7-8,14H,3-6H2,1-2H3. The van der Waals surface area contributed by atoms with Crippen molar-refractivity contribution in [3.63, 3.8) is 0 Å². The second-order valence-corrected chi connectivity index (χ2v) is 3.95. The van der Waals surface area contributed by atoms with E-state index in [0.717, 1.165) is 31.4 Å². The molecule has 1 aromatic heterocycles. The molecule has 4 heteroatoms. The summed E-state index contributed by atoms with van der Waals surface area (Å²) in [6.45, 7) is 2.07. The summed E-state index contributed by atoms with van der Waals surface area (Å²) in [5.41, 5.74) is 1.00. The molecule has 0 aliphatic rings. The molecule has 0 aromatic carbocycles. The first-order valence-corrected chi connectivity index (χ1v) is 5.37. The van der Waals surface area contributed by atoms with Crippen molar-refractivity contribution in [2.24, 2.45) is 7.05 Å². The van der Waals surface area contributed by atoms with E-state index >= 15 is 0 Å². The summed E-state index contributed by atoms with van der Waals surface area (Å²) in [7, 11) is 1.87. The van der Waals surface area contributed by atoms with E-state index in [4.69, 9.17) is 11.6 Å². The highest BCUT2D eigenvalue weighted by Gasteiger charge is 2.09. The van der Waals surface area contributed by atoms with Gasteiger partial charge in [-0.25, -0.2) is 0 Å². The SMILES string of the molecule is CCCC(O)CCc1c(Cl)cnn1C. The molecule has 1 heterocycles. The Balaban J connectivity index is 2.45. The highest BCUT2D eigenvalue weighted by Crippen LogP contribution is 2.17. The highest BCUT2D eigenvalue weighted by molar-refractivity contribution is 6.31. The summed E-state index contributed by atoms with van der Waals surface area (Å²) < 4.78 is 1.76. The number of rotatable bonds is 5. The minimum absolute atomic E-state index is 0.217. The van der Waals surface area contributed by atoms with E-state index in [1.54, 1.807) is 10.9 Å². The molecule has 0 saturated heterocycles. The average molecular weight is 217 g/mol. The molecule has 1 rings (SSSR count). The molecule has 0 bridgehead atoms. The summed E-state index contributed by atoms with van der Waals surface area (Å²) in [6, 6.07) is 0. The van der Waals surface area contributed by atoms with Crippen molar-refractivity contribution in [3.8, 4) is 0 Å². The van der Waals surface area contributed by atoms with Crippen molar-refractivity contribution in [2.75, 3.05) is 0 Å². The number of aryl methyl sites for hydroxylation is 1. The third kappa shape index (κ3) is 3.00. The fourth-order valence-electron chi connectivity index (χ4n) is 1.50. The topological polar surface area (TPSA) is 38.1 Å². The maximum Gasteiger partial charge on any atom is 0.0817 e. The third-order valence-corrected chi connectivity index (χ3v) is 2.66. The average Bonchev–Trinajstić information content (AvgIpc) is 2.44. The summed E-state index contributed by atoms with van der Waals surface area (Å²) in [5, 5.41) is 14.3. The lowest BCUT2D eigenvalue weighted by Crippen LogP contribution is -2.09. The lowest BCUT2D eigenvalue weighted by molar-refractivity contribution is 0.153. The van der Waals surface area contributed by atoms with E-state index in [1.807, 2.05) is 7.05 Å². The first-order chi connectivity index (χ1) is 6.65. The molecule has 1 unspecified atom stereocenters. The zero-order valence-corrected chi connectivity index (χ0v) is 9.46. The van der Waals surface area contributed by atoms with Crippen LogP contribution in [-0.2, 0) is 13.5 Å². The first-order valence-electron chi connectivity index (χ1n) is 4.99. The van der Waals surface area contributed by atoms with Gasteiger partial charge in [0.15, 0.2) is 0 Å². The van der Waals surface area contributed by atoms with Gasteiger partial charge in [0, 0.05) is 7.05 Å². The number of hydrogen-bond donors (Lipinski definition) is 1. The maximum atomic E-state index is 9.56. The molecule has 0 aliphatic carbocycles. The van der Waals surface area contributed by atoms with Crippen molar-refractivity contribution < 1.29 is 5.11 Å². The molecule has 1 N–H and O–H groups in total. The monoisotopic (exact) mass is 216 g/mol. The van der Waals surface area contributed by atoms with Gasteiger partial charge in [-0.1, -0.05) is 24.9 Å². The van der Waals surface area contributed by atoms with E-state index in [1.165, 1.54) is 0 Å². The van der Waals surface area contributed by atoms with Crippen LogP contribution in [0.2, 0.25) is 5.02 Å². The van der Waals surface area contributed by atoms with Crippen LogP contribution in [0.5, 0.6) is 0 Å². The van der Waals surface area contributed by atoms with E-state index < -0.39 is 0 Å². The Morgan fingerprint density at radius 2 is 2.29 bits per heavy atom. The molecule has 0 amide bonds. The second kappa shape index (κ2) is 5.37. The maximum absolute atomic E-state index is 9.56. The highest BCUT2D eigenvalue weighted by atomic mass is 35.5. The van der Waals surface area contributed by atoms with Crippen LogP contribution in [0, 0.1) is 0 Å². The summed E-state index contributed by atoms with van der Waals surface area (Å²) >= 11 is 5.94. The van der Waals surface area contributed by atoms with Crippen molar-refractivity contribution in [1.82, 2.24) is 9.78 Å². The molecule has 0 radical (unpaired) electrons. The molecule has 1 atom stereocenters. The Morgan fingerprint density at radius 1 is 1.57 bits per heavy atom. The summed E-state index contributed by atoms with van der Waals surface area (Å²) in [6.07, 6.45) is 4.84. The molecular formula is C10H17ClN2O. The number of hydrogen-bond acceptors (Lipinski definition) is 2. The molecular weight excluding hydrogens is 200 g/mol. The van der Waals surface area contributed by atoms with Crippen molar-refractivity contribution in [2.45, 2.75) is 38.7 Å². The van der Waals surface area contributed by atoms with Gasteiger partial charge >= 0.3 is 0 Å². The fourth-order valence-corrected chi connectivity index (χ4v) is 1.76. The van der Waals surface area contributed by atoms with Crippen LogP contribution in [0.3, 0.4) is 0 Å². The Morgan fingerprint density at radius 3 is 2.79 bits per heavy atom. The number of aliphatic hydroxyl groups excluding tert-OH is 1.